The van der Waals surface area contributed by atoms with E-state index in [-0.39, 0.29) is 17.8 Å². The molecule has 2 N–H and O–H groups in total. The van der Waals surface area contributed by atoms with E-state index in [0.717, 1.165) is 22.8 Å². The molecule has 0 saturated heterocycles. The van der Waals surface area contributed by atoms with Gasteiger partial charge in [-0.2, -0.15) is 0 Å². The van der Waals surface area contributed by atoms with Crippen LogP contribution < -0.4 is 0 Å². The number of carbonyl (C=O) groups is 1. The summed E-state index contributed by atoms with van der Waals surface area (Å²) in [6.45, 7) is 6.12. The van der Waals surface area contributed by atoms with Crippen LogP contribution in [0, 0.1) is 17.2 Å². The second-order valence-electron chi connectivity index (χ2n) is 8.63. The molecule has 0 aliphatic rings. The monoisotopic (exact) mass is 406 g/mol. The molecule has 0 aliphatic heterocycles. The van der Waals surface area contributed by atoms with Crippen molar-refractivity contribution in [1.82, 2.24) is 19.9 Å². The van der Waals surface area contributed by atoms with Crippen LogP contribution in [0.5, 0.6) is 0 Å². The second kappa shape index (κ2) is 7.48. The molecule has 30 heavy (non-hydrogen) atoms. The van der Waals surface area contributed by atoms with Crippen LogP contribution in [0.15, 0.2) is 42.7 Å². The Balaban J connectivity index is 1.87. The number of aromatic amines is 1. The molecule has 6 nitrogen and oxygen atoms in total. The topological polar surface area (TPSA) is 91.8 Å². The van der Waals surface area contributed by atoms with E-state index in [2.05, 4.69) is 9.97 Å². The van der Waals surface area contributed by atoms with Crippen molar-refractivity contribution in [3.05, 3.63) is 54.2 Å². The quantitative estimate of drug-likeness (QED) is 0.487. The molecular formula is C23H23FN4O2. The fourth-order valence-corrected chi connectivity index (χ4v) is 3.71. The first-order valence-corrected chi connectivity index (χ1v) is 9.83. The van der Waals surface area contributed by atoms with Crippen LogP contribution in [0.4, 0.5) is 4.39 Å². The third-order valence-electron chi connectivity index (χ3n) is 5.51. The van der Waals surface area contributed by atoms with Gasteiger partial charge < -0.3 is 10.1 Å². The van der Waals surface area contributed by atoms with Crippen LogP contribution in [0.2, 0.25) is 0 Å². The first-order chi connectivity index (χ1) is 14.2. The first kappa shape index (κ1) is 19.9. The maximum absolute atomic E-state index is 13.8. The average molecular weight is 406 g/mol. The van der Waals surface area contributed by atoms with Gasteiger partial charge in [0, 0.05) is 29.0 Å². The lowest BCUT2D eigenvalue weighted by Gasteiger charge is -2.29. The maximum Gasteiger partial charge on any atom is 0.303 e. The lowest BCUT2D eigenvalue weighted by molar-refractivity contribution is -0.139. The molecule has 154 valence electrons. The number of pyridine rings is 1. The summed E-state index contributed by atoms with van der Waals surface area (Å²) in [5.41, 5.74) is 2.56. The van der Waals surface area contributed by atoms with Gasteiger partial charge in [-0.3, -0.25) is 4.79 Å². The van der Waals surface area contributed by atoms with E-state index in [1.54, 1.807) is 6.20 Å². The SMILES string of the molecule is CC(C)(C)[C@@H](CC(=O)O)Cc1nc(-c2c[nH]c3ncc(F)cc23)nc2ccccc12. The normalized spacial score (nSPS) is 13.1. The number of carboxylic acid groups (broad SMARTS) is 1. The fraction of sp³-hybridized carbons (Fsp3) is 0.304. The minimum absolute atomic E-state index is 0.0549. The van der Waals surface area contributed by atoms with Crippen molar-refractivity contribution in [1.29, 1.82) is 0 Å². The smallest absolute Gasteiger partial charge is 0.303 e. The van der Waals surface area contributed by atoms with Gasteiger partial charge in [-0.05, 0) is 29.9 Å². The molecule has 1 atom stereocenters. The summed E-state index contributed by atoms with van der Waals surface area (Å²) in [6.07, 6.45) is 3.44. The fourth-order valence-electron chi connectivity index (χ4n) is 3.71. The van der Waals surface area contributed by atoms with Gasteiger partial charge in [-0.1, -0.05) is 39.0 Å². The minimum Gasteiger partial charge on any atom is -0.481 e. The van der Waals surface area contributed by atoms with E-state index in [1.807, 2.05) is 45.0 Å². The molecule has 0 aliphatic carbocycles. The van der Waals surface area contributed by atoms with Crippen LogP contribution in [-0.2, 0) is 11.2 Å². The number of hydrogen-bond donors (Lipinski definition) is 2. The average Bonchev–Trinajstić information content (AvgIpc) is 3.09. The van der Waals surface area contributed by atoms with Crippen LogP contribution in [-0.4, -0.2) is 31.0 Å². The van der Waals surface area contributed by atoms with Crippen molar-refractivity contribution in [2.75, 3.05) is 0 Å². The first-order valence-electron chi connectivity index (χ1n) is 9.83. The summed E-state index contributed by atoms with van der Waals surface area (Å²) in [4.78, 5) is 28.1. The van der Waals surface area contributed by atoms with E-state index in [1.165, 1.54) is 6.07 Å². The van der Waals surface area contributed by atoms with E-state index < -0.39 is 11.8 Å². The summed E-state index contributed by atoms with van der Waals surface area (Å²) in [5.74, 6) is -0.904. The number of benzene rings is 1. The van der Waals surface area contributed by atoms with Crippen molar-refractivity contribution in [3.8, 4) is 11.4 Å². The molecule has 0 bridgehead atoms. The third-order valence-corrected chi connectivity index (χ3v) is 5.51. The number of aromatic nitrogens is 4. The standard InChI is InChI=1S/C23H23FN4O2/c1-23(2,3)13(9-20(29)30)8-19-15-6-4-5-7-18(15)27-22(28-19)17-12-26-21-16(17)10-14(24)11-25-21/h4-7,10-13H,8-9H2,1-3H3,(H,25,26)(H,29,30)/t13-/m1/s1. The van der Waals surface area contributed by atoms with Gasteiger partial charge in [0.25, 0.3) is 0 Å². The van der Waals surface area contributed by atoms with Crippen molar-refractivity contribution in [2.45, 2.75) is 33.6 Å². The van der Waals surface area contributed by atoms with Gasteiger partial charge in [-0.15, -0.1) is 0 Å². The Bertz CT molecular complexity index is 1240. The van der Waals surface area contributed by atoms with Crippen LogP contribution >= 0.6 is 0 Å². The number of H-pyrrole nitrogens is 1. The zero-order chi connectivity index (χ0) is 21.5. The largest absolute Gasteiger partial charge is 0.481 e. The number of carboxylic acids is 1. The minimum atomic E-state index is -0.827. The lowest BCUT2D eigenvalue weighted by atomic mass is 9.76. The molecule has 0 fully saturated rings. The van der Waals surface area contributed by atoms with Gasteiger partial charge in [0.15, 0.2) is 5.82 Å². The maximum atomic E-state index is 13.8. The summed E-state index contributed by atoms with van der Waals surface area (Å²) < 4.78 is 13.8. The molecule has 0 radical (unpaired) electrons. The second-order valence-corrected chi connectivity index (χ2v) is 8.63. The Morgan fingerprint density at radius 3 is 2.70 bits per heavy atom. The van der Waals surface area contributed by atoms with E-state index in [4.69, 9.17) is 9.97 Å². The van der Waals surface area contributed by atoms with Crippen molar-refractivity contribution >= 4 is 27.9 Å². The molecular weight excluding hydrogens is 383 g/mol. The number of nitrogens with one attached hydrogen (secondary N) is 1. The molecule has 4 aromatic rings. The zero-order valence-corrected chi connectivity index (χ0v) is 17.1. The Labute approximate surface area is 173 Å². The molecule has 3 heterocycles. The highest BCUT2D eigenvalue weighted by atomic mass is 19.1. The van der Waals surface area contributed by atoms with E-state index in [0.29, 0.717) is 28.8 Å². The molecule has 0 amide bonds. The Morgan fingerprint density at radius 1 is 1.20 bits per heavy atom. The predicted molar refractivity (Wildman–Crippen MR) is 113 cm³/mol. The molecule has 3 aromatic heterocycles. The highest BCUT2D eigenvalue weighted by Gasteiger charge is 2.28. The number of nitrogens with zero attached hydrogens (tertiary/aromatic N) is 3. The van der Waals surface area contributed by atoms with E-state index >= 15 is 0 Å². The van der Waals surface area contributed by atoms with Crippen LogP contribution in [0.25, 0.3) is 33.3 Å². The summed E-state index contributed by atoms with van der Waals surface area (Å²) >= 11 is 0. The number of fused-ring (bicyclic) bond motifs is 2. The lowest BCUT2D eigenvalue weighted by Crippen LogP contribution is -2.26. The number of aliphatic carboxylic acids is 1. The Kier molecular flexibility index (Phi) is 4.97. The third kappa shape index (κ3) is 3.87. The molecule has 4 rings (SSSR count). The predicted octanol–water partition coefficient (Wildman–Crippen LogP) is 4.99. The summed E-state index contributed by atoms with van der Waals surface area (Å²) in [7, 11) is 0. The molecule has 0 unspecified atom stereocenters. The van der Waals surface area contributed by atoms with Gasteiger partial charge >= 0.3 is 5.97 Å². The number of hydrogen-bond acceptors (Lipinski definition) is 4. The molecule has 0 spiro atoms. The van der Waals surface area contributed by atoms with Crippen molar-refractivity contribution in [2.24, 2.45) is 11.3 Å². The Hall–Kier alpha value is -3.35. The van der Waals surface area contributed by atoms with Gasteiger partial charge in [-0.25, -0.2) is 19.3 Å². The van der Waals surface area contributed by atoms with Crippen LogP contribution in [0.1, 0.15) is 32.9 Å². The molecule has 1 aromatic carbocycles. The van der Waals surface area contributed by atoms with Crippen molar-refractivity contribution < 1.29 is 14.3 Å². The highest BCUT2D eigenvalue weighted by molar-refractivity contribution is 5.93. The van der Waals surface area contributed by atoms with E-state index in [9.17, 15) is 14.3 Å². The van der Waals surface area contributed by atoms with Crippen molar-refractivity contribution in [3.63, 3.8) is 0 Å². The number of rotatable bonds is 5. The highest BCUT2D eigenvalue weighted by Crippen LogP contribution is 2.34. The van der Waals surface area contributed by atoms with Crippen LogP contribution in [0.3, 0.4) is 0 Å². The summed E-state index contributed by atoms with van der Waals surface area (Å²) in [5, 5.41) is 10.9. The van der Waals surface area contributed by atoms with Gasteiger partial charge in [0.2, 0.25) is 0 Å². The summed E-state index contributed by atoms with van der Waals surface area (Å²) in [6, 6.07) is 9.09. The zero-order valence-electron chi connectivity index (χ0n) is 17.1. The Morgan fingerprint density at radius 2 is 1.97 bits per heavy atom. The molecule has 7 heteroatoms. The molecule has 0 saturated carbocycles. The number of para-hydroxylation sites is 1. The van der Waals surface area contributed by atoms with Gasteiger partial charge in [0.1, 0.15) is 11.5 Å². The number of halogens is 1. The van der Waals surface area contributed by atoms with Gasteiger partial charge in [0.05, 0.1) is 17.4 Å².